The Balaban J connectivity index is 1.74. The van der Waals surface area contributed by atoms with Crippen molar-refractivity contribution in [3.8, 4) is 6.07 Å². The van der Waals surface area contributed by atoms with Gasteiger partial charge in [0.05, 0.1) is 11.6 Å². The fourth-order valence-electron chi connectivity index (χ4n) is 2.14. The standard InChI is InChI=1S/C18H18N4O2/c19-11-14-4-6-15(7-5-14)12-22-18(24)21-9-8-13-2-1-3-16(10-13)17(20)23/h1-7,10H,8-9,12H2,(H2,20,23)(H2,21,22,24). The van der Waals surface area contributed by atoms with Gasteiger partial charge in [-0.25, -0.2) is 4.79 Å². The Kier molecular flexibility index (Phi) is 5.92. The van der Waals surface area contributed by atoms with Crippen LogP contribution in [-0.2, 0) is 13.0 Å². The van der Waals surface area contributed by atoms with Gasteiger partial charge in [-0.05, 0) is 41.8 Å². The van der Waals surface area contributed by atoms with Crippen molar-refractivity contribution in [1.82, 2.24) is 10.6 Å². The van der Waals surface area contributed by atoms with Crippen LogP contribution < -0.4 is 16.4 Å². The summed E-state index contributed by atoms with van der Waals surface area (Å²) in [6.45, 7) is 0.829. The van der Waals surface area contributed by atoms with Crippen molar-refractivity contribution in [2.75, 3.05) is 6.54 Å². The molecule has 122 valence electrons. The minimum atomic E-state index is -0.468. The molecule has 3 amide bonds. The number of nitrogens with zero attached hydrogens (tertiary/aromatic N) is 1. The molecule has 0 aliphatic carbocycles. The number of carbonyl (C=O) groups excluding carboxylic acids is 2. The van der Waals surface area contributed by atoms with Crippen molar-refractivity contribution < 1.29 is 9.59 Å². The zero-order chi connectivity index (χ0) is 17.4. The number of nitriles is 1. The second-order valence-electron chi connectivity index (χ2n) is 5.23. The van der Waals surface area contributed by atoms with Crippen LogP contribution in [0.1, 0.15) is 27.0 Å². The van der Waals surface area contributed by atoms with E-state index in [1.165, 1.54) is 0 Å². The first-order valence-corrected chi connectivity index (χ1v) is 7.48. The minimum Gasteiger partial charge on any atom is -0.366 e. The van der Waals surface area contributed by atoms with E-state index in [-0.39, 0.29) is 6.03 Å². The molecule has 0 unspecified atom stereocenters. The van der Waals surface area contributed by atoms with E-state index in [4.69, 9.17) is 11.0 Å². The minimum absolute atomic E-state index is 0.273. The highest BCUT2D eigenvalue weighted by molar-refractivity contribution is 5.92. The van der Waals surface area contributed by atoms with Crippen LogP contribution in [0.2, 0.25) is 0 Å². The van der Waals surface area contributed by atoms with Crippen molar-refractivity contribution in [2.45, 2.75) is 13.0 Å². The lowest BCUT2D eigenvalue weighted by Gasteiger charge is -2.08. The zero-order valence-corrected chi connectivity index (χ0v) is 13.1. The van der Waals surface area contributed by atoms with Gasteiger partial charge in [0.25, 0.3) is 0 Å². The third-order valence-electron chi connectivity index (χ3n) is 3.45. The van der Waals surface area contributed by atoms with Crippen LogP contribution in [0.5, 0.6) is 0 Å². The monoisotopic (exact) mass is 322 g/mol. The third kappa shape index (κ3) is 5.14. The molecule has 0 saturated heterocycles. The Morgan fingerprint density at radius 2 is 1.79 bits per heavy atom. The van der Waals surface area contributed by atoms with Crippen LogP contribution in [0.3, 0.4) is 0 Å². The maximum atomic E-state index is 11.8. The van der Waals surface area contributed by atoms with Gasteiger partial charge in [-0.2, -0.15) is 5.26 Å². The van der Waals surface area contributed by atoms with Gasteiger partial charge in [0.15, 0.2) is 0 Å². The lowest BCUT2D eigenvalue weighted by molar-refractivity contribution is 0.1000. The Morgan fingerprint density at radius 3 is 2.46 bits per heavy atom. The number of benzene rings is 2. The summed E-state index contributed by atoms with van der Waals surface area (Å²) in [5, 5.41) is 14.2. The van der Waals surface area contributed by atoms with Crippen molar-refractivity contribution in [1.29, 1.82) is 5.26 Å². The fraction of sp³-hybridized carbons (Fsp3) is 0.167. The van der Waals surface area contributed by atoms with Gasteiger partial charge in [0.1, 0.15) is 0 Å². The molecule has 6 nitrogen and oxygen atoms in total. The Hall–Kier alpha value is -3.33. The number of primary amides is 1. The quantitative estimate of drug-likeness (QED) is 0.753. The number of nitrogens with two attached hydrogens (primary N) is 1. The fourth-order valence-corrected chi connectivity index (χ4v) is 2.14. The molecule has 0 heterocycles. The normalized spacial score (nSPS) is 9.79. The molecule has 0 saturated carbocycles. The Morgan fingerprint density at radius 1 is 1.04 bits per heavy atom. The van der Waals surface area contributed by atoms with Crippen LogP contribution in [-0.4, -0.2) is 18.5 Å². The summed E-state index contributed by atoms with van der Waals surface area (Å²) >= 11 is 0. The van der Waals surface area contributed by atoms with Gasteiger partial charge < -0.3 is 16.4 Å². The highest BCUT2D eigenvalue weighted by Gasteiger charge is 2.03. The second kappa shape index (κ2) is 8.34. The molecule has 0 bridgehead atoms. The van der Waals surface area contributed by atoms with Gasteiger partial charge in [-0.3, -0.25) is 4.79 Å². The first-order valence-electron chi connectivity index (χ1n) is 7.48. The molecule has 0 aromatic heterocycles. The van der Waals surface area contributed by atoms with Gasteiger partial charge in [0.2, 0.25) is 5.91 Å². The number of rotatable bonds is 6. The summed E-state index contributed by atoms with van der Waals surface area (Å²) in [5.41, 5.74) is 8.12. The van der Waals surface area contributed by atoms with E-state index in [9.17, 15) is 9.59 Å². The molecule has 0 aliphatic heterocycles. The molecule has 0 aliphatic rings. The van der Waals surface area contributed by atoms with E-state index >= 15 is 0 Å². The Bertz CT molecular complexity index is 763. The van der Waals surface area contributed by atoms with Crippen LogP contribution >= 0.6 is 0 Å². The predicted octanol–water partition coefficient (Wildman–Crippen LogP) is 1.70. The van der Waals surface area contributed by atoms with Gasteiger partial charge in [-0.1, -0.05) is 24.3 Å². The SMILES string of the molecule is N#Cc1ccc(CNC(=O)NCCc2cccc(C(N)=O)c2)cc1. The topological polar surface area (TPSA) is 108 Å². The van der Waals surface area contributed by atoms with Crippen LogP contribution in [0.25, 0.3) is 0 Å². The molecular weight excluding hydrogens is 304 g/mol. The predicted molar refractivity (Wildman–Crippen MR) is 90.1 cm³/mol. The number of urea groups is 1. The average Bonchev–Trinajstić information content (AvgIpc) is 2.60. The molecule has 2 rings (SSSR count). The van der Waals surface area contributed by atoms with Crippen molar-refractivity contribution in [2.24, 2.45) is 5.73 Å². The van der Waals surface area contributed by atoms with E-state index in [2.05, 4.69) is 10.6 Å². The van der Waals surface area contributed by atoms with Crippen molar-refractivity contribution >= 4 is 11.9 Å². The highest BCUT2D eigenvalue weighted by Crippen LogP contribution is 2.05. The van der Waals surface area contributed by atoms with E-state index in [1.54, 1.807) is 42.5 Å². The largest absolute Gasteiger partial charge is 0.366 e. The first kappa shape index (κ1) is 17.0. The molecule has 0 fully saturated rings. The van der Waals surface area contributed by atoms with Crippen LogP contribution in [0.15, 0.2) is 48.5 Å². The van der Waals surface area contributed by atoms with Crippen LogP contribution in [0.4, 0.5) is 4.79 Å². The molecular formula is C18H18N4O2. The summed E-state index contributed by atoms with van der Waals surface area (Å²) in [7, 11) is 0. The lowest BCUT2D eigenvalue weighted by Crippen LogP contribution is -2.36. The van der Waals surface area contributed by atoms with E-state index in [0.29, 0.717) is 30.6 Å². The van der Waals surface area contributed by atoms with Crippen molar-refractivity contribution in [3.63, 3.8) is 0 Å². The maximum absolute atomic E-state index is 11.8. The summed E-state index contributed by atoms with van der Waals surface area (Å²) in [5.74, 6) is -0.468. The summed E-state index contributed by atoms with van der Waals surface area (Å²) in [6, 6.07) is 15.8. The van der Waals surface area contributed by atoms with Gasteiger partial charge >= 0.3 is 6.03 Å². The third-order valence-corrected chi connectivity index (χ3v) is 3.45. The number of amides is 3. The second-order valence-corrected chi connectivity index (χ2v) is 5.23. The molecule has 2 aromatic carbocycles. The number of carbonyl (C=O) groups is 2. The van der Waals surface area contributed by atoms with E-state index in [0.717, 1.165) is 11.1 Å². The summed E-state index contributed by atoms with van der Waals surface area (Å²) in [6.07, 6.45) is 0.603. The smallest absolute Gasteiger partial charge is 0.315 e. The number of hydrogen-bond donors (Lipinski definition) is 3. The molecule has 0 radical (unpaired) electrons. The number of hydrogen-bond acceptors (Lipinski definition) is 3. The zero-order valence-electron chi connectivity index (χ0n) is 13.1. The Labute approximate surface area is 140 Å². The average molecular weight is 322 g/mol. The molecule has 0 atom stereocenters. The molecule has 2 aromatic rings. The maximum Gasteiger partial charge on any atom is 0.315 e. The molecule has 24 heavy (non-hydrogen) atoms. The van der Waals surface area contributed by atoms with E-state index < -0.39 is 5.91 Å². The van der Waals surface area contributed by atoms with Crippen LogP contribution in [0, 0.1) is 11.3 Å². The first-order chi connectivity index (χ1) is 11.6. The highest BCUT2D eigenvalue weighted by atomic mass is 16.2. The molecule has 0 spiro atoms. The van der Waals surface area contributed by atoms with E-state index in [1.807, 2.05) is 12.1 Å². The lowest BCUT2D eigenvalue weighted by atomic mass is 10.1. The van der Waals surface area contributed by atoms with Gasteiger partial charge in [0, 0.05) is 18.7 Å². The van der Waals surface area contributed by atoms with Crippen molar-refractivity contribution in [3.05, 3.63) is 70.8 Å². The summed E-state index contributed by atoms with van der Waals surface area (Å²) in [4.78, 5) is 22.9. The van der Waals surface area contributed by atoms with Gasteiger partial charge in [-0.15, -0.1) is 0 Å². The number of nitrogens with one attached hydrogen (secondary N) is 2. The molecule has 6 heteroatoms. The molecule has 4 N–H and O–H groups in total. The summed E-state index contributed by atoms with van der Waals surface area (Å²) < 4.78 is 0.